The molecule has 83 heavy (non-hydrogen) atoms. The van der Waals surface area contributed by atoms with Crippen LogP contribution >= 0.6 is 0 Å². The Labute approximate surface area is 512 Å². The van der Waals surface area contributed by atoms with E-state index < -0.39 is 6.10 Å². The van der Waals surface area contributed by atoms with Crippen LogP contribution in [0.15, 0.2) is 146 Å². The van der Waals surface area contributed by atoms with Crippen LogP contribution in [0.25, 0.3) is 0 Å². The zero-order valence-electron chi connectivity index (χ0n) is 53.9. The molecule has 0 bridgehead atoms. The van der Waals surface area contributed by atoms with Gasteiger partial charge in [0.05, 0.1) is 0 Å². The summed E-state index contributed by atoms with van der Waals surface area (Å²) in [5.74, 6) is -0.948. The minimum absolute atomic E-state index is 0.101. The molecule has 0 aromatic heterocycles. The third-order valence-electron chi connectivity index (χ3n) is 14.3. The van der Waals surface area contributed by atoms with Crippen LogP contribution in [-0.2, 0) is 28.6 Å². The summed E-state index contributed by atoms with van der Waals surface area (Å²) in [4.78, 5) is 38.5. The van der Waals surface area contributed by atoms with Gasteiger partial charge in [0.15, 0.2) is 6.10 Å². The fraction of sp³-hybridized carbons (Fsp3) is 0.649. The van der Waals surface area contributed by atoms with Crippen molar-refractivity contribution in [1.29, 1.82) is 0 Å². The molecule has 6 heteroatoms. The minimum Gasteiger partial charge on any atom is -0.462 e. The maximum absolute atomic E-state index is 13.0. The van der Waals surface area contributed by atoms with Crippen LogP contribution in [0, 0.1) is 0 Å². The quantitative estimate of drug-likeness (QED) is 0.0261. The van der Waals surface area contributed by atoms with E-state index in [1.807, 2.05) is 0 Å². The van der Waals surface area contributed by atoms with Gasteiger partial charge in [-0.2, -0.15) is 0 Å². The van der Waals surface area contributed by atoms with Crippen molar-refractivity contribution >= 4 is 17.9 Å². The first kappa shape index (κ1) is 78.3. The molecule has 0 heterocycles. The van der Waals surface area contributed by atoms with Crippen molar-refractivity contribution in [2.45, 2.75) is 309 Å². The molecule has 0 aliphatic rings. The highest BCUT2D eigenvalue weighted by Crippen LogP contribution is 2.15. The molecule has 0 radical (unpaired) electrons. The van der Waals surface area contributed by atoms with E-state index in [0.29, 0.717) is 19.3 Å². The molecule has 0 aromatic rings. The van der Waals surface area contributed by atoms with Crippen molar-refractivity contribution in [3.05, 3.63) is 146 Å². The van der Waals surface area contributed by atoms with Gasteiger partial charge in [-0.3, -0.25) is 14.4 Å². The van der Waals surface area contributed by atoms with Crippen molar-refractivity contribution in [2.75, 3.05) is 13.2 Å². The number of carbonyl (C=O) groups is 3. The third kappa shape index (κ3) is 68.0. The number of carbonyl (C=O) groups excluding carboxylic acids is 3. The van der Waals surface area contributed by atoms with E-state index in [-0.39, 0.29) is 31.1 Å². The average molecular weight is 1150 g/mol. The lowest BCUT2D eigenvalue weighted by molar-refractivity contribution is -0.167. The number of hydrogen-bond acceptors (Lipinski definition) is 6. The summed E-state index contributed by atoms with van der Waals surface area (Å²) in [6.45, 7) is 6.46. The highest BCUT2D eigenvalue weighted by molar-refractivity contribution is 5.71. The van der Waals surface area contributed by atoms with Gasteiger partial charge in [-0.1, -0.05) is 282 Å². The number of allylic oxidation sites excluding steroid dienone is 24. The molecule has 0 spiro atoms. The summed E-state index contributed by atoms with van der Waals surface area (Å²) in [6, 6.07) is 0. The van der Waals surface area contributed by atoms with Crippen LogP contribution in [0.4, 0.5) is 0 Å². The van der Waals surface area contributed by atoms with Gasteiger partial charge in [0, 0.05) is 19.3 Å². The number of hydrogen-bond donors (Lipinski definition) is 0. The number of ether oxygens (including phenoxy) is 3. The van der Waals surface area contributed by atoms with Gasteiger partial charge in [0.2, 0.25) is 0 Å². The van der Waals surface area contributed by atoms with E-state index >= 15 is 0 Å². The molecule has 0 saturated carbocycles. The first-order valence-corrected chi connectivity index (χ1v) is 34.3. The maximum Gasteiger partial charge on any atom is 0.306 e. The molecule has 0 saturated heterocycles. The highest BCUT2D eigenvalue weighted by Gasteiger charge is 2.19. The van der Waals surface area contributed by atoms with Crippen LogP contribution in [0.3, 0.4) is 0 Å². The molecule has 0 aliphatic heterocycles. The van der Waals surface area contributed by atoms with Crippen LogP contribution < -0.4 is 0 Å². The Kier molecular flexibility index (Phi) is 65.8. The lowest BCUT2D eigenvalue weighted by Gasteiger charge is -2.18. The van der Waals surface area contributed by atoms with E-state index in [0.717, 1.165) is 141 Å². The molecule has 6 nitrogen and oxygen atoms in total. The van der Waals surface area contributed by atoms with E-state index in [4.69, 9.17) is 14.2 Å². The Bertz CT molecular complexity index is 1800. The molecule has 0 fully saturated rings. The van der Waals surface area contributed by atoms with Crippen molar-refractivity contribution in [1.82, 2.24) is 0 Å². The summed E-state index contributed by atoms with van der Waals surface area (Å²) >= 11 is 0. The summed E-state index contributed by atoms with van der Waals surface area (Å²) in [6.07, 6.45) is 99.9. The Morgan fingerprint density at radius 1 is 0.253 bits per heavy atom. The second kappa shape index (κ2) is 69.8. The summed E-state index contributed by atoms with van der Waals surface area (Å²) in [5.41, 5.74) is 0. The molecular formula is C77H126O6. The fourth-order valence-corrected chi connectivity index (χ4v) is 9.17. The molecular weight excluding hydrogens is 1020 g/mol. The van der Waals surface area contributed by atoms with Crippen molar-refractivity contribution < 1.29 is 28.6 Å². The van der Waals surface area contributed by atoms with Crippen molar-refractivity contribution in [3.63, 3.8) is 0 Å². The standard InChI is InChI=1S/C77H126O6/c1-4-7-10-13-16-19-22-25-28-31-34-36-37-38-39-41-43-46-49-52-55-58-61-64-67-70-76(79)82-73-74(72-81-75(78)69-66-63-60-57-54-51-48-45-42-33-30-27-24-21-18-15-12-9-6-3)83-77(80)71-68-65-62-59-56-53-50-47-44-40-35-32-29-26-23-20-17-14-11-8-5-2/h7,10,16,18-19,21,23,25-28,30,32,34-36,38-39,43-44,46-47,52,55,74H,4-6,8-9,11-15,17,20,22,24,29,31,33,37,40-42,45,48-51,53-54,56-73H2,1-3H3/b10-7-,19-16-,21-18-,26-23-,28-25-,30-27-,35-32-,36-34-,39-38-,46-43-,47-44-,55-52-. The monoisotopic (exact) mass is 1150 g/mol. The first-order chi connectivity index (χ1) is 41.0. The third-order valence-corrected chi connectivity index (χ3v) is 14.3. The van der Waals surface area contributed by atoms with Gasteiger partial charge in [-0.25, -0.2) is 0 Å². The van der Waals surface area contributed by atoms with Gasteiger partial charge >= 0.3 is 17.9 Å². The number of esters is 3. The lowest BCUT2D eigenvalue weighted by Crippen LogP contribution is -2.30. The second-order valence-corrected chi connectivity index (χ2v) is 22.3. The van der Waals surface area contributed by atoms with Gasteiger partial charge in [-0.05, 0) is 148 Å². The van der Waals surface area contributed by atoms with Crippen LogP contribution in [0.5, 0.6) is 0 Å². The molecule has 0 rings (SSSR count). The Balaban J connectivity index is 4.51. The van der Waals surface area contributed by atoms with Gasteiger partial charge < -0.3 is 14.2 Å². The molecule has 0 amide bonds. The zero-order chi connectivity index (χ0) is 59.9. The second-order valence-electron chi connectivity index (χ2n) is 22.3. The Hall–Kier alpha value is -4.71. The van der Waals surface area contributed by atoms with Crippen LogP contribution in [-0.4, -0.2) is 37.2 Å². The maximum atomic E-state index is 13.0. The minimum atomic E-state index is -0.810. The smallest absolute Gasteiger partial charge is 0.306 e. The number of rotatable bonds is 61. The Morgan fingerprint density at radius 3 is 0.771 bits per heavy atom. The fourth-order valence-electron chi connectivity index (χ4n) is 9.17. The lowest BCUT2D eigenvalue weighted by atomic mass is 10.1. The van der Waals surface area contributed by atoms with E-state index in [9.17, 15) is 14.4 Å². The van der Waals surface area contributed by atoms with Crippen molar-refractivity contribution in [2.24, 2.45) is 0 Å². The average Bonchev–Trinajstić information content (AvgIpc) is 3.50. The molecule has 1 atom stereocenters. The predicted molar refractivity (Wildman–Crippen MR) is 362 cm³/mol. The van der Waals surface area contributed by atoms with E-state index in [2.05, 4.69) is 167 Å². The largest absolute Gasteiger partial charge is 0.462 e. The zero-order valence-corrected chi connectivity index (χ0v) is 53.9. The van der Waals surface area contributed by atoms with Crippen LogP contribution in [0.1, 0.15) is 303 Å². The Morgan fingerprint density at radius 2 is 0.470 bits per heavy atom. The molecule has 0 aromatic carbocycles. The van der Waals surface area contributed by atoms with Crippen LogP contribution in [0.2, 0.25) is 0 Å². The summed E-state index contributed by atoms with van der Waals surface area (Å²) < 4.78 is 16.9. The SMILES string of the molecule is CC/C=C\C/C=C\C/C=C\C/C=C\C/C=C\C/C=C\C/C=C\CCCCCC(=O)OCC(COC(=O)CCCCCCCCCCC/C=C\C/C=C\CCCCC)OC(=O)CCCCCCCC/C=C\C/C=C\C/C=C\CCCCCCC. The molecule has 1 unspecified atom stereocenters. The first-order valence-electron chi connectivity index (χ1n) is 34.3. The summed E-state index contributed by atoms with van der Waals surface area (Å²) in [7, 11) is 0. The summed E-state index contributed by atoms with van der Waals surface area (Å²) in [5, 5.41) is 0. The van der Waals surface area contributed by atoms with Gasteiger partial charge in [0.25, 0.3) is 0 Å². The normalized spacial score (nSPS) is 13.0. The molecule has 0 aliphatic carbocycles. The van der Waals surface area contributed by atoms with E-state index in [1.54, 1.807) is 0 Å². The van der Waals surface area contributed by atoms with Crippen molar-refractivity contribution in [3.8, 4) is 0 Å². The topological polar surface area (TPSA) is 78.9 Å². The van der Waals surface area contributed by atoms with E-state index in [1.165, 1.54) is 122 Å². The molecule has 0 N–H and O–H groups in total. The van der Waals surface area contributed by atoms with Gasteiger partial charge in [-0.15, -0.1) is 0 Å². The van der Waals surface area contributed by atoms with Gasteiger partial charge in [0.1, 0.15) is 13.2 Å². The predicted octanol–water partition coefficient (Wildman–Crippen LogP) is 23.9. The molecule has 470 valence electrons. The highest BCUT2D eigenvalue weighted by atomic mass is 16.6. The number of unbranched alkanes of at least 4 members (excludes halogenated alkanes) is 26.